The first-order valence-corrected chi connectivity index (χ1v) is 6.25. The molecule has 2 amide bonds. The van der Waals surface area contributed by atoms with E-state index in [4.69, 9.17) is 9.84 Å². The summed E-state index contributed by atoms with van der Waals surface area (Å²) in [6, 6.07) is -0.224. The van der Waals surface area contributed by atoms with Crippen molar-refractivity contribution in [3.05, 3.63) is 0 Å². The zero-order chi connectivity index (χ0) is 14.6. The third kappa shape index (κ3) is 4.07. The highest BCUT2D eigenvalue weighted by molar-refractivity contribution is 5.75. The summed E-state index contributed by atoms with van der Waals surface area (Å²) in [5, 5.41) is 18.0. The fourth-order valence-electron chi connectivity index (χ4n) is 1.79. The molecule has 1 fully saturated rings. The molecule has 1 rings (SSSR count). The van der Waals surface area contributed by atoms with Crippen molar-refractivity contribution in [3.8, 4) is 0 Å². The smallest absolute Gasteiger partial charge is 0.320 e. The number of aliphatic hydroxyl groups excluding tert-OH is 1. The Hall–Kier alpha value is -1.34. The summed E-state index contributed by atoms with van der Waals surface area (Å²) in [7, 11) is 1.63. The Morgan fingerprint density at radius 3 is 2.63 bits per heavy atom. The average molecular weight is 274 g/mol. The first-order chi connectivity index (χ1) is 8.77. The van der Waals surface area contributed by atoms with Crippen LogP contribution < -0.4 is 0 Å². The number of hydrogen-bond acceptors (Lipinski definition) is 4. The second-order valence-corrected chi connectivity index (χ2v) is 5.35. The van der Waals surface area contributed by atoms with Gasteiger partial charge in [-0.15, -0.1) is 0 Å². The highest BCUT2D eigenvalue weighted by atomic mass is 16.5. The third-order valence-electron chi connectivity index (χ3n) is 3.39. The van der Waals surface area contributed by atoms with Crippen LogP contribution in [-0.4, -0.2) is 77.0 Å². The van der Waals surface area contributed by atoms with Gasteiger partial charge in [0.25, 0.3) is 0 Å². The number of carbonyl (C=O) groups excluding carboxylic acids is 1. The number of carboxylic acid groups (broad SMARTS) is 1. The Morgan fingerprint density at radius 2 is 2.11 bits per heavy atom. The number of hydrogen-bond donors (Lipinski definition) is 2. The minimum Gasteiger partial charge on any atom is -0.481 e. The van der Waals surface area contributed by atoms with Crippen LogP contribution in [-0.2, 0) is 9.53 Å². The van der Waals surface area contributed by atoms with E-state index < -0.39 is 17.6 Å². The van der Waals surface area contributed by atoms with Crippen molar-refractivity contribution in [3.63, 3.8) is 0 Å². The number of morpholine rings is 1. The van der Waals surface area contributed by atoms with Crippen molar-refractivity contribution in [2.75, 3.05) is 33.4 Å². The van der Waals surface area contributed by atoms with E-state index in [1.807, 2.05) is 0 Å². The topological polar surface area (TPSA) is 90.3 Å². The van der Waals surface area contributed by atoms with E-state index in [0.717, 1.165) is 0 Å². The fourth-order valence-corrected chi connectivity index (χ4v) is 1.79. The van der Waals surface area contributed by atoms with Gasteiger partial charge >= 0.3 is 12.0 Å². The Balaban J connectivity index is 2.64. The van der Waals surface area contributed by atoms with Crippen molar-refractivity contribution < 1.29 is 24.5 Å². The van der Waals surface area contributed by atoms with E-state index in [1.54, 1.807) is 25.8 Å². The molecular formula is C12H22N2O5. The highest BCUT2D eigenvalue weighted by Crippen LogP contribution is 2.16. The largest absolute Gasteiger partial charge is 0.481 e. The van der Waals surface area contributed by atoms with Gasteiger partial charge in [0.2, 0.25) is 0 Å². The number of amides is 2. The molecule has 0 aromatic heterocycles. The summed E-state index contributed by atoms with van der Waals surface area (Å²) in [6.07, 6.45) is -0.586. The van der Waals surface area contributed by atoms with Crippen molar-refractivity contribution >= 4 is 12.0 Å². The lowest BCUT2D eigenvalue weighted by Crippen LogP contribution is -2.56. The summed E-state index contributed by atoms with van der Waals surface area (Å²) in [4.78, 5) is 26.0. The van der Waals surface area contributed by atoms with Crippen molar-refractivity contribution in [1.82, 2.24) is 9.80 Å². The maximum absolute atomic E-state index is 12.3. The second-order valence-electron chi connectivity index (χ2n) is 5.35. The Labute approximate surface area is 112 Å². The highest BCUT2D eigenvalue weighted by Gasteiger charge is 2.33. The maximum atomic E-state index is 12.3. The summed E-state index contributed by atoms with van der Waals surface area (Å²) in [5.74, 6) is -0.941. The first-order valence-electron chi connectivity index (χ1n) is 6.25. The van der Waals surface area contributed by atoms with Crippen molar-refractivity contribution in [2.24, 2.45) is 0 Å². The van der Waals surface area contributed by atoms with Gasteiger partial charge in [0.1, 0.15) is 0 Å². The minimum atomic E-state index is -0.941. The van der Waals surface area contributed by atoms with Crippen LogP contribution in [0.3, 0.4) is 0 Å². The van der Waals surface area contributed by atoms with Crippen molar-refractivity contribution in [2.45, 2.75) is 31.9 Å². The summed E-state index contributed by atoms with van der Waals surface area (Å²) >= 11 is 0. The summed E-state index contributed by atoms with van der Waals surface area (Å²) in [6.45, 7) is 4.41. The zero-order valence-corrected chi connectivity index (χ0v) is 11.6. The van der Waals surface area contributed by atoms with E-state index in [9.17, 15) is 14.7 Å². The number of aliphatic carboxylic acids is 1. The molecule has 1 unspecified atom stereocenters. The monoisotopic (exact) mass is 274 g/mol. The van der Waals surface area contributed by atoms with Gasteiger partial charge in [-0.3, -0.25) is 4.79 Å². The molecule has 1 saturated heterocycles. The summed E-state index contributed by atoms with van der Waals surface area (Å²) in [5.41, 5.74) is -0.655. The average Bonchev–Trinajstić information content (AvgIpc) is 2.36. The van der Waals surface area contributed by atoms with Crippen molar-refractivity contribution in [1.29, 1.82) is 0 Å². The van der Waals surface area contributed by atoms with Gasteiger partial charge in [0, 0.05) is 20.1 Å². The molecular weight excluding hydrogens is 252 g/mol. The van der Waals surface area contributed by atoms with Gasteiger partial charge < -0.3 is 24.7 Å². The van der Waals surface area contributed by atoms with E-state index in [1.165, 1.54) is 4.90 Å². The van der Waals surface area contributed by atoms with Crippen LogP contribution in [0.5, 0.6) is 0 Å². The molecule has 1 aliphatic rings. The number of carbonyl (C=O) groups is 2. The van der Waals surface area contributed by atoms with E-state index >= 15 is 0 Å². The van der Waals surface area contributed by atoms with Gasteiger partial charge in [-0.2, -0.15) is 0 Å². The molecule has 1 aliphatic heterocycles. The quantitative estimate of drug-likeness (QED) is 0.752. The van der Waals surface area contributed by atoms with E-state index in [0.29, 0.717) is 13.2 Å². The molecule has 1 atom stereocenters. The Bertz CT molecular complexity index is 345. The number of urea groups is 1. The predicted molar refractivity (Wildman–Crippen MR) is 67.9 cm³/mol. The number of likely N-dealkylation sites (N-methyl/N-ethyl adjacent to an activating group) is 1. The molecule has 7 nitrogen and oxygen atoms in total. The molecule has 19 heavy (non-hydrogen) atoms. The Kier molecular flexibility index (Phi) is 5.13. The lowest BCUT2D eigenvalue weighted by atomic mass is 10.1. The Morgan fingerprint density at radius 1 is 1.47 bits per heavy atom. The molecule has 110 valence electrons. The van der Waals surface area contributed by atoms with Gasteiger partial charge in [0.15, 0.2) is 0 Å². The molecule has 0 aliphatic carbocycles. The third-order valence-corrected chi connectivity index (χ3v) is 3.39. The van der Waals surface area contributed by atoms with Gasteiger partial charge in [-0.1, -0.05) is 0 Å². The number of rotatable bonds is 4. The fraction of sp³-hybridized carbons (Fsp3) is 0.833. The normalized spacial score (nSPS) is 20.2. The molecule has 2 N–H and O–H groups in total. The van der Waals surface area contributed by atoms with Gasteiger partial charge in [-0.25, -0.2) is 4.79 Å². The van der Waals surface area contributed by atoms with Crippen LogP contribution in [0.4, 0.5) is 4.79 Å². The van der Waals surface area contributed by atoms with Gasteiger partial charge in [0.05, 0.1) is 31.3 Å². The molecule has 0 radical (unpaired) electrons. The van der Waals surface area contributed by atoms with Crippen LogP contribution >= 0.6 is 0 Å². The molecule has 0 bridgehead atoms. The standard InChI is InChI=1S/C12H22N2O5/c1-12(2,8-15)13(3)11(18)14-4-5-19-9(7-14)6-10(16)17/h9,15H,4-8H2,1-3H3,(H,16,17). The van der Waals surface area contributed by atoms with E-state index in [-0.39, 0.29) is 25.6 Å². The van der Waals surface area contributed by atoms with Crippen LogP contribution in [0.15, 0.2) is 0 Å². The number of nitrogens with zero attached hydrogens (tertiary/aromatic N) is 2. The van der Waals surface area contributed by atoms with Gasteiger partial charge in [-0.05, 0) is 13.8 Å². The number of carboxylic acids is 1. The van der Waals surface area contributed by atoms with Crippen LogP contribution in [0, 0.1) is 0 Å². The number of aliphatic hydroxyl groups is 1. The lowest BCUT2D eigenvalue weighted by Gasteiger charge is -2.40. The first kappa shape index (κ1) is 15.7. The molecule has 0 saturated carbocycles. The van der Waals surface area contributed by atoms with Crippen LogP contribution in [0.2, 0.25) is 0 Å². The molecule has 0 aromatic carbocycles. The molecule has 7 heteroatoms. The predicted octanol–water partition coefficient (Wildman–Crippen LogP) is -0.0154. The minimum absolute atomic E-state index is 0.114. The SMILES string of the molecule is CN(C(=O)N1CCOC(CC(=O)O)C1)C(C)(C)CO. The maximum Gasteiger partial charge on any atom is 0.320 e. The van der Waals surface area contributed by atoms with E-state index in [2.05, 4.69) is 0 Å². The summed E-state index contributed by atoms with van der Waals surface area (Å²) < 4.78 is 5.32. The molecule has 1 heterocycles. The number of ether oxygens (including phenoxy) is 1. The second kappa shape index (κ2) is 6.21. The van der Waals surface area contributed by atoms with Crippen LogP contribution in [0.1, 0.15) is 20.3 Å². The molecule has 0 spiro atoms. The van der Waals surface area contributed by atoms with Crippen LogP contribution in [0.25, 0.3) is 0 Å². The molecule has 0 aromatic rings. The lowest BCUT2D eigenvalue weighted by molar-refractivity contribution is -0.141. The zero-order valence-electron chi connectivity index (χ0n) is 11.6.